The van der Waals surface area contributed by atoms with Crippen LogP contribution in [0.4, 0.5) is 4.39 Å². The van der Waals surface area contributed by atoms with Crippen LogP contribution in [0.25, 0.3) is 0 Å². The summed E-state index contributed by atoms with van der Waals surface area (Å²) in [6.07, 6.45) is 2.50. The molecule has 0 radical (unpaired) electrons. The molecule has 4 heteroatoms. The van der Waals surface area contributed by atoms with Gasteiger partial charge in [-0.25, -0.2) is 4.39 Å². The maximum Gasteiger partial charge on any atom is 0.141 e. The number of benzene rings is 1. The van der Waals surface area contributed by atoms with Crippen LogP contribution in [0.1, 0.15) is 31.4 Å². The molecule has 2 N–H and O–H groups in total. The molecule has 1 aromatic carbocycles. The second-order valence-corrected chi connectivity index (χ2v) is 5.58. The predicted octanol–water partition coefficient (Wildman–Crippen LogP) is 3.64. The van der Waals surface area contributed by atoms with Crippen LogP contribution >= 0.6 is 15.9 Å². The van der Waals surface area contributed by atoms with Crippen LogP contribution in [-0.2, 0) is 0 Å². The predicted molar refractivity (Wildman–Crippen MR) is 69.5 cm³/mol. The number of halogens is 2. The van der Waals surface area contributed by atoms with E-state index in [9.17, 15) is 4.39 Å². The van der Waals surface area contributed by atoms with E-state index in [1.807, 2.05) is 0 Å². The third-order valence-electron chi connectivity index (χ3n) is 3.56. The maximum absolute atomic E-state index is 13.4. The van der Waals surface area contributed by atoms with Gasteiger partial charge in [0.2, 0.25) is 0 Å². The van der Waals surface area contributed by atoms with Crippen molar-refractivity contribution in [3.63, 3.8) is 0 Å². The second-order valence-electron chi connectivity index (χ2n) is 4.73. The van der Waals surface area contributed by atoms with E-state index in [0.29, 0.717) is 22.1 Å². The molecular formula is C13H17BrFNO. The normalized spacial score (nSPS) is 18.9. The lowest BCUT2D eigenvalue weighted by Gasteiger charge is -2.22. The molecule has 1 aromatic rings. The zero-order valence-electron chi connectivity index (χ0n) is 10.0. The third kappa shape index (κ3) is 2.63. The Bertz CT molecular complexity index is 420. The van der Waals surface area contributed by atoms with Crippen LogP contribution in [0.2, 0.25) is 0 Å². The van der Waals surface area contributed by atoms with Gasteiger partial charge in [-0.3, -0.25) is 0 Å². The first-order chi connectivity index (χ1) is 8.04. The fraction of sp³-hybridized carbons (Fsp3) is 0.538. The first-order valence-corrected chi connectivity index (χ1v) is 6.62. The quantitative estimate of drug-likeness (QED) is 0.921. The highest BCUT2D eigenvalue weighted by molar-refractivity contribution is 9.10. The first kappa shape index (κ1) is 12.8. The highest BCUT2D eigenvalue weighted by atomic mass is 79.9. The van der Waals surface area contributed by atoms with Gasteiger partial charge in [0.15, 0.2) is 0 Å². The molecule has 0 aliphatic heterocycles. The summed E-state index contributed by atoms with van der Waals surface area (Å²) in [6, 6.07) is 3.02. The Morgan fingerprint density at radius 1 is 1.47 bits per heavy atom. The number of ether oxygens (including phenoxy) is 1. The largest absolute Gasteiger partial charge is 0.496 e. The van der Waals surface area contributed by atoms with Crippen molar-refractivity contribution in [2.45, 2.75) is 25.8 Å². The standard InChI is InChI=1S/C13H17BrFNO/c1-7(8-3-4-8)13(16)9-5-10(14)11(15)6-12(9)17-2/h5-8,13H,3-4,16H2,1-2H3. The van der Waals surface area contributed by atoms with Crippen LogP contribution in [0.15, 0.2) is 16.6 Å². The van der Waals surface area contributed by atoms with Crippen LogP contribution in [0.3, 0.4) is 0 Å². The summed E-state index contributed by atoms with van der Waals surface area (Å²) in [4.78, 5) is 0. The molecule has 94 valence electrons. The smallest absolute Gasteiger partial charge is 0.141 e. The van der Waals surface area contributed by atoms with Gasteiger partial charge in [0.25, 0.3) is 0 Å². The maximum atomic E-state index is 13.4. The van der Waals surface area contributed by atoms with Crippen molar-refractivity contribution < 1.29 is 9.13 Å². The minimum Gasteiger partial charge on any atom is -0.496 e. The molecule has 0 saturated heterocycles. The highest BCUT2D eigenvalue weighted by Gasteiger charge is 2.33. The molecule has 2 unspecified atom stereocenters. The Balaban J connectivity index is 2.32. The fourth-order valence-corrected chi connectivity index (χ4v) is 2.54. The summed E-state index contributed by atoms with van der Waals surface area (Å²) in [5, 5.41) is 0. The van der Waals surface area contributed by atoms with Crippen molar-refractivity contribution in [1.82, 2.24) is 0 Å². The van der Waals surface area contributed by atoms with Gasteiger partial charge in [-0.2, -0.15) is 0 Å². The highest BCUT2D eigenvalue weighted by Crippen LogP contribution is 2.43. The van der Waals surface area contributed by atoms with E-state index < -0.39 is 0 Å². The van der Waals surface area contributed by atoms with Crippen molar-refractivity contribution in [3.8, 4) is 5.75 Å². The van der Waals surface area contributed by atoms with Gasteiger partial charge in [-0.05, 0) is 46.7 Å². The topological polar surface area (TPSA) is 35.2 Å². The summed E-state index contributed by atoms with van der Waals surface area (Å²) in [6.45, 7) is 2.15. The van der Waals surface area contributed by atoms with Gasteiger partial charge < -0.3 is 10.5 Å². The minimum atomic E-state index is -0.322. The number of nitrogens with two attached hydrogens (primary N) is 1. The van der Waals surface area contributed by atoms with Crippen molar-refractivity contribution in [3.05, 3.63) is 28.0 Å². The molecule has 17 heavy (non-hydrogen) atoms. The zero-order chi connectivity index (χ0) is 12.6. The molecule has 1 fully saturated rings. The Hall–Kier alpha value is -0.610. The SMILES string of the molecule is COc1cc(F)c(Br)cc1C(N)C(C)C1CC1. The van der Waals surface area contributed by atoms with E-state index >= 15 is 0 Å². The summed E-state index contributed by atoms with van der Waals surface area (Å²) in [7, 11) is 1.54. The Kier molecular flexibility index (Phi) is 3.73. The lowest BCUT2D eigenvalue weighted by Crippen LogP contribution is -2.21. The van der Waals surface area contributed by atoms with Gasteiger partial charge in [0.05, 0.1) is 11.6 Å². The second kappa shape index (κ2) is 4.94. The fourth-order valence-electron chi connectivity index (χ4n) is 2.18. The Labute approximate surface area is 109 Å². The molecule has 0 aromatic heterocycles. The van der Waals surface area contributed by atoms with Crippen molar-refractivity contribution in [2.75, 3.05) is 7.11 Å². The molecule has 0 heterocycles. The average Bonchev–Trinajstić information content (AvgIpc) is 3.14. The lowest BCUT2D eigenvalue weighted by atomic mass is 9.91. The van der Waals surface area contributed by atoms with Crippen LogP contribution in [0, 0.1) is 17.7 Å². The number of rotatable bonds is 4. The van der Waals surface area contributed by atoms with E-state index in [1.165, 1.54) is 18.9 Å². The van der Waals surface area contributed by atoms with Crippen molar-refractivity contribution in [2.24, 2.45) is 17.6 Å². The summed E-state index contributed by atoms with van der Waals surface area (Å²) in [5.74, 6) is 1.32. The summed E-state index contributed by atoms with van der Waals surface area (Å²) < 4.78 is 19.1. The average molecular weight is 302 g/mol. The number of hydrogen-bond donors (Lipinski definition) is 1. The van der Waals surface area contributed by atoms with E-state index in [0.717, 1.165) is 5.56 Å². The molecule has 2 nitrogen and oxygen atoms in total. The van der Waals surface area contributed by atoms with E-state index in [4.69, 9.17) is 10.5 Å². The molecule has 0 spiro atoms. The lowest BCUT2D eigenvalue weighted by molar-refractivity contribution is 0.373. The minimum absolute atomic E-state index is 0.102. The van der Waals surface area contributed by atoms with Gasteiger partial charge in [0.1, 0.15) is 11.6 Å². The van der Waals surface area contributed by atoms with E-state index in [1.54, 1.807) is 13.2 Å². The Morgan fingerprint density at radius 2 is 2.12 bits per heavy atom. The molecule has 0 bridgehead atoms. The van der Waals surface area contributed by atoms with Gasteiger partial charge in [-0.15, -0.1) is 0 Å². The van der Waals surface area contributed by atoms with Crippen LogP contribution < -0.4 is 10.5 Å². The molecular weight excluding hydrogens is 285 g/mol. The molecule has 2 atom stereocenters. The third-order valence-corrected chi connectivity index (χ3v) is 4.17. The van der Waals surface area contributed by atoms with Gasteiger partial charge >= 0.3 is 0 Å². The van der Waals surface area contributed by atoms with E-state index in [-0.39, 0.29) is 11.9 Å². The molecule has 1 saturated carbocycles. The summed E-state index contributed by atoms with van der Waals surface area (Å²) >= 11 is 3.19. The molecule has 0 amide bonds. The van der Waals surface area contributed by atoms with Gasteiger partial charge in [0, 0.05) is 17.7 Å². The van der Waals surface area contributed by atoms with Gasteiger partial charge in [-0.1, -0.05) is 6.92 Å². The first-order valence-electron chi connectivity index (χ1n) is 5.83. The number of hydrogen-bond acceptors (Lipinski definition) is 2. The Morgan fingerprint density at radius 3 is 2.65 bits per heavy atom. The van der Waals surface area contributed by atoms with Crippen molar-refractivity contribution >= 4 is 15.9 Å². The summed E-state index contributed by atoms with van der Waals surface area (Å²) in [5.41, 5.74) is 7.13. The monoisotopic (exact) mass is 301 g/mol. The number of methoxy groups -OCH3 is 1. The van der Waals surface area contributed by atoms with Crippen molar-refractivity contribution in [1.29, 1.82) is 0 Å². The molecule has 1 aliphatic rings. The molecule has 2 rings (SSSR count). The van der Waals surface area contributed by atoms with E-state index in [2.05, 4.69) is 22.9 Å². The zero-order valence-corrected chi connectivity index (χ0v) is 11.6. The molecule has 1 aliphatic carbocycles. The van der Waals surface area contributed by atoms with Crippen LogP contribution in [0.5, 0.6) is 5.75 Å². The van der Waals surface area contributed by atoms with Crippen LogP contribution in [-0.4, -0.2) is 7.11 Å².